The van der Waals surface area contributed by atoms with Gasteiger partial charge in [-0.25, -0.2) is 0 Å². The molecule has 1 N–H and O–H groups in total. The van der Waals surface area contributed by atoms with E-state index in [1.807, 2.05) is 42.5 Å². The molecule has 0 amide bonds. The van der Waals surface area contributed by atoms with Crippen molar-refractivity contribution in [3.8, 4) is 6.07 Å². The topological polar surface area (TPSA) is 56.4 Å². The Morgan fingerprint density at radius 2 is 1.87 bits per heavy atom. The first kappa shape index (κ1) is 15.5. The van der Waals surface area contributed by atoms with Crippen LogP contribution in [0.5, 0.6) is 0 Å². The fraction of sp³-hybridized carbons (Fsp3) is 0. The molecule has 0 saturated heterocycles. The zero-order chi connectivity index (χ0) is 16.4. The summed E-state index contributed by atoms with van der Waals surface area (Å²) in [5.74, 6) is 0. The van der Waals surface area contributed by atoms with Gasteiger partial charge in [-0.3, -0.25) is 0 Å². The summed E-state index contributed by atoms with van der Waals surface area (Å²) in [7, 11) is 0. The van der Waals surface area contributed by atoms with E-state index in [4.69, 9.17) is 16.8 Å². The summed E-state index contributed by atoms with van der Waals surface area (Å²) in [5.41, 5.74) is 2.18. The Labute approximate surface area is 146 Å². The van der Waals surface area contributed by atoms with Gasteiger partial charge < -0.3 is 5.21 Å². The molecule has 0 aliphatic heterocycles. The van der Waals surface area contributed by atoms with E-state index >= 15 is 0 Å². The molecule has 2 aromatic rings. The smallest absolute Gasteiger partial charge is 0.118 e. The van der Waals surface area contributed by atoms with Gasteiger partial charge in [-0.05, 0) is 38.9 Å². The highest BCUT2D eigenvalue weighted by Crippen LogP contribution is 2.35. The minimum absolute atomic E-state index is 0.314. The van der Waals surface area contributed by atoms with Crippen molar-refractivity contribution in [2.45, 2.75) is 0 Å². The molecular formula is C18H10BrClN2O. The normalized spacial score (nSPS) is 18.4. The Bertz CT molecular complexity index is 959. The summed E-state index contributed by atoms with van der Waals surface area (Å²) >= 11 is 9.62. The van der Waals surface area contributed by atoms with E-state index in [0.29, 0.717) is 26.4 Å². The lowest BCUT2D eigenvalue weighted by Crippen LogP contribution is -2.03. The van der Waals surface area contributed by atoms with Gasteiger partial charge >= 0.3 is 0 Å². The summed E-state index contributed by atoms with van der Waals surface area (Å²) in [6.45, 7) is 0. The number of fused-ring (bicyclic) bond motifs is 1. The van der Waals surface area contributed by atoms with Crippen LogP contribution in [0.3, 0.4) is 0 Å². The number of nitrogens with zero attached hydrogens (tertiary/aromatic N) is 2. The van der Waals surface area contributed by atoms with Crippen LogP contribution in [0.25, 0.3) is 16.3 Å². The van der Waals surface area contributed by atoms with Crippen molar-refractivity contribution >= 4 is 49.6 Å². The highest BCUT2D eigenvalue weighted by atomic mass is 79.9. The van der Waals surface area contributed by atoms with Crippen LogP contribution in [0.2, 0.25) is 0 Å². The Morgan fingerprint density at radius 3 is 2.61 bits per heavy atom. The van der Waals surface area contributed by atoms with Crippen LogP contribution in [0.15, 0.2) is 74.9 Å². The third-order valence-corrected chi connectivity index (χ3v) is 4.53. The Kier molecular flexibility index (Phi) is 4.33. The summed E-state index contributed by atoms with van der Waals surface area (Å²) in [6, 6.07) is 15.9. The molecule has 0 unspecified atom stereocenters. The summed E-state index contributed by atoms with van der Waals surface area (Å²) in [5, 5.41) is 24.2. The molecule has 0 saturated carbocycles. The maximum absolute atomic E-state index is 9.70. The SMILES string of the molecule is N#C/C(=C1C=C(Br)/C(=N/O)C=C\1Cl)c1cccc2ccccc12. The van der Waals surface area contributed by atoms with Crippen LogP contribution in [-0.4, -0.2) is 10.9 Å². The van der Waals surface area contributed by atoms with E-state index in [2.05, 4.69) is 27.2 Å². The van der Waals surface area contributed by atoms with Gasteiger partial charge in [-0.1, -0.05) is 59.2 Å². The number of nitriles is 1. The molecule has 23 heavy (non-hydrogen) atoms. The predicted octanol–water partition coefficient (Wildman–Crippen LogP) is 5.36. The summed E-state index contributed by atoms with van der Waals surface area (Å²) < 4.78 is 0.562. The molecule has 0 atom stereocenters. The second-order valence-corrected chi connectivity index (χ2v) is 6.16. The third-order valence-electron chi connectivity index (χ3n) is 3.58. The minimum Gasteiger partial charge on any atom is -0.410 e. The fourth-order valence-corrected chi connectivity index (χ4v) is 3.19. The number of allylic oxidation sites excluding steroid dienone is 6. The first-order chi connectivity index (χ1) is 11.2. The highest BCUT2D eigenvalue weighted by Gasteiger charge is 2.19. The molecule has 1 aliphatic carbocycles. The van der Waals surface area contributed by atoms with Gasteiger partial charge in [0.15, 0.2) is 0 Å². The van der Waals surface area contributed by atoms with Gasteiger partial charge in [0.25, 0.3) is 0 Å². The van der Waals surface area contributed by atoms with Crippen molar-refractivity contribution in [2.24, 2.45) is 5.16 Å². The molecule has 0 spiro atoms. The largest absolute Gasteiger partial charge is 0.410 e. The number of benzene rings is 2. The molecule has 3 rings (SSSR count). The van der Waals surface area contributed by atoms with Crippen LogP contribution in [0.4, 0.5) is 0 Å². The third kappa shape index (κ3) is 2.81. The maximum atomic E-state index is 9.70. The lowest BCUT2D eigenvalue weighted by Gasteiger charge is -2.13. The lowest BCUT2D eigenvalue weighted by atomic mass is 9.93. The minimum atomic E-state index is 0.314. The van der Waals surface area contributed by atoms with E-state index in [1.165, 1.54) is 6.08 Å². The van der Waals surface area contributed by atoms with Crippen LogP contribution in [0.1, 0.15) is 5.56 Å². The monoisotopic (exact) mass is 384 g/mol. The van der Waals surface area contributed by atoms with Gasteiger partial charge in [-0.2, -0.15) is 5.26 Å². The average Bonchev–Trinajstić information content (AvgIpc) is 2.58. The quantitative estimate of drug-likeness (QED) is 0.408. The lowest BCUT2D eigenvalue weighted by molar-refractivity contribution is 0.320. The number of oxime groups is 1. The molecular weight excluding hydrogens is 376 g/mol. The highest BCUT2D eigenvalue weighted by molar-refractivity contribution is 9.12. The van der Waals surface area contributed by atoms with Crippen molar-refractivity contribution < 1.29 is 5.21 Å². The van der Waals surface area contributed by atoms with E-state index in [0.717, 1.165) is 16.3 Å². The molecule has 0 fully saturated rings. The van der Waals surface area contributed by atoms with Crippen molar-refractivity contribution in [3.63, 3.8) is 0 Å². The number of halogens is 2. The van der Waals surface area contributed by atoms with Crippen LogP contribution in [0, 0.1) is 11.3 Å². The Balaban J connectivity index is 2.30. The van der Waals surface area contributed by atoms with E-state index < -0.39 is 0 Å². The predicted molar refractivity (Wildman–Crippen MR) is 96.6 cm³/mol. The van der Waals surface area contributed by atoms with Gasteiger partial charge in [0.1, 0.15) is 11.8 Å². The van der Waals surface area contributed by atoms with Gasteiger partial charge in [0, 0.05) is 15.6 Å². The molecule has 2 aromatic carbocycles. The fourth-order valence-electron chi connectivity index (χ4n) is 2.51. The number of rotatable bonds is 1. The maximum Gasteiger partial charge on any atom is 0.118 e. The van der Waals surface area contributed by atoms with Crippen molar-refractivity contribution in [1.82, 2.24) is 0 Å². The molecule has 5 heteroatoms. The molecule has 3 nitrogen and oxygen atoms in total. The first-order valence-corrected chi connectivity index (χ1v) is 7.92. The first-order valence-electron chi connectivity index (χ1n) is 6.75. The molecule has 1 aliphatic rings. The van der Waals surface area contributed by atoms with Crippen molar-refractivity contribution in [2.75, 3.05) is 0 Å². The summed E-state index contributed by atoms with van der Waals surface area (Å²) in [6.07, 6.45) is 3.21. The van der Waals surface area contributed by atoms with Crippen molar-refractivity contribution in [3.05, 3.63) is 75.3 Å². The van der Waals surface area contributed by atoms with Crippen LogP contribution in [-0.2, 0) is 0 Å². The van der Waals surface area contributed by atoms with Gasteiger partial charge in [-0.15, -0.1) is 0 Å². The second kappa shape index (κ2) is 6.41. The van der Waals surface area contributed by atoms with E-state index in [-0.39, 0.29) is 0 Å². The molecule has 112 valence electrons. The molecule has 0 aromatic heterocycles. The van der Waals surface area contributed by atoms with E-state index in [9.17, 15) is 5.26 Å². The zero-order valence-corrected chi connectivity index (χ0v) is 14.1. The molecule has 0 bridgehead atoms. The average molecular weight is 386 g/mol. The number of hydrogen-bond acceptors (Lipinski definition) is 3. The Morgan fingerprint density at radius 1 is 1.13 bits per heavy atom. The van der Waals surface area contributed by atoms with Gasteiger partial charge in [0.2, 0.25) is 0 Å². The van der Waals surface area contributed by atoms with E-state index in [1.54, 1.807) is 6.08 Å². The van der Waals surface area contributed by atoms with Gasteiger partial charge in [0.05, 0.1) is 10.6 Å². The standard InChI is InChI=1S/C18H10BrClN2O/c19-16-8-14(17(20)9-18(16)22-23)15(10-21)13-7-3-5-11-4-1-2-6-12(11)13/h1-9,23H/b15-14-,22-18+. The molecule has 0 radical (unpaired) electrons. The van der Waals surface area contributed by atoms with Crippen molar-refractivity contribution in [1.29, 1.82) is 5.26 Å². The zero-order valence-electron chi connectivity index (χ0n) is 11.8. The van der Waals surface area contributed by atoms with Crippen LogP contribution >= 0.6 is 27.5 Å². The Hall–Kier alpha value is -2.35. The summed E-state index contributed by atoms with van der Waals surface area (Å²) in [4.78, 5) is 0. The van der Waals surface area contributed by atoms with Crippen LogP contribution < -0.4 is 0 Å². The number of hydrogen-bond donors (Lipinski definition) is 1. The second-order valence-electron chi connectivity index (χ2n) is 4.90. The molecule has 0 heterocycles.